The van der Waals surface area contributed by atoms with E-state index in [1.165, 1.54) is 11.1 Å². The first-order valence-corrected chi connectivity index (χ1v) is 4.71. The van der Waals surface area contributed by atoms with Crippen LogP contribution in [0.1, 0.15) is 38.7 Å². The molecule has 2 unspecified atom stereocenters. The van der Waals surface area contributed by atoms with E-state index in [9.17, 15) is 0 Å². The molecule has 0 saturated heterocycles. The number of benzene rings is 1. The molecule has 0 saturated carbocycles. The molecule has 0 N–H and O–H groups in total. The van der Waals surface area contributed by atoms with Crippen LogP contribution in [0.5, 0.6) is 0 Å². The second-order valence-corrected chi connectivity index (χ2v) is 3.92. The van der Waals surface area contributed by atoms with Crippen LogP contribution in [0.15, 0.2) is 24.3 Å². The molecule has 0 radical (unpaired) electrons. The van der Waals surface area contributed by atoms with Gasteiger partial charge in [0.1, 0.15) is 0 Å². The van der Waals surface area contributed by atoms with E-state index in [0.717, 1.165) is 6.42 Å². The van der Waals surface area contributed by atoms with Crippen LogP contribution in [0.2, 0.25) is 0 Å². The summed E-state index contributed by atoms with van der Waals surface area (Å²) in [6.07, 6.45) is 1.03. The summed E-state index contributed by atoms with van der Waals surface area (Å²) in [6.45, 7) is 4.50. The highest BCUT2D eigenvalue weighted by molar-refractivity contribution is 5.34. The van der Waals surface area contributed by atoms with Crippen molar-refractivity contribution in [3.05, 3.63) is 35.4 Å². The monoisotopic (exact) mass is 162 g/mol. The van der Waals surface area contributed by atoms with Crippen molar-refractivity contribution in [3.8, 4) is 0 Å². The zero-order valence-electron chi connectivity index (χ0n) is 8.75. The molecular weight excluding hydrogens is 144 g/mol. The minimum absolute atomic E-state index is 0.0172. The van der Waals surface area contributed by atoms with Crippen molar-refractivity contribution < 1.29 is 1.37 Å². The molecule has 0 heteroatoms. The van der Waals surface area contributed by atoms with Gasteiger partial charge in [-0.1, -0.05) is 38.1 Å². The fourth-order valence-electron chi connectivity index (χ4n) is 2.05. The maximum Gasteiger partial charge on any atom is 0.0316 e. The first kappa shape index (κ1) is 6.71. The Morgan fingerprint density at radius 3 is 2.92 bits per heavy atom. The summed E-state index contributed by atoms with van der Waals surface area (Å²) in [6, 6.07) is 8.43. The molecule has 1 aromatic rings. The molecular formula is C12H16. The number of fused-ring (bicyclic) bond motifs is 1. The molecule has 12 heavy (non-hydrogen) atoms. The minimum atomic E-state index is 0.0172. The zero-order valence-corrected chi connectivity index (χ0v) is 7.75. The van der Waals surface area contributed by atoms with Crippen molar-refractivity contribution in [3.63, 3.8) is 0 Å². The van der Waals surface area contributed by atoms with Gasteiger partial charge in [0.05, 0.1) is 0 Å². The normalized spacial score (nSPS) is 28.8. The van der Waals surface area contributed by atoms with E-state index in [0.29, 0.717) is 11.8 Å². The maximum absolute atomic E-state index is 7.94. The lowest BCUT2D eigenvalue weighted by molar-refractivity contribution is 0.496. The third kappa shape index (κ3) is 1.16. The number of aryl methyl sites for hydroxylation is 1. The van der Waals surface area contributed by atoms with Gasteiger partial charge in [0.25, 0.3) is 0 Å². The zero-order chi connectivity index (χ0) is 9.42. The first-order valence-electron chi connectivity index (χ1n) is 5.29. The van der Waals surface area contributed by atoms with E-state index in [1.54, 1.807) is 0 Å². The molecule has 0 aliphatic heterocycles. The van der Waals surface area contributed by atoms with Gasteiger partial charge >= 0.3 is 0 Å². The van der Waals surface area contributed by atoms with Gasteiger partial charge in [-0.3, -0.25) is 0 Å². The third-order valence-corrected chi connectivity index (χ3v) is 2.79. The van der Waals surface area contributed by atoms with Crippen molar-refractivity contribution in [1.82, 2.24) is 0 Å². The first-order chi connectivity index (χ1) is 6.20. The lowest BCUT2D eigenvalue weighted by atomic mass is 9.90. The molecule has 2 atom stereocenters. The topological polar surface area (TPSA) is 0 Å². The Bertz CT molecular complexity index is 304. The highest BCUT2D eigenvalue weighted by Gasteiger charge is 2.23. The SMILES string of the molecule is [3H]C1CC(C(C)C)c2ccccc21. The van der Waals surface area contributed by atoms with Crippen molar-refractivity contribution in [1.29, 1.82) is 0 Å². The Morgan fingerprint density at radius 1 is 1.42 bits per heavy atom. The van der Waals surface area contributed by atoms with Crippen LogP contribution in [0, 0.1) is 5.92 Å². The fourth-order valence-corrected chi connectivity index (χ4v) is 2.05. The third-order valence-electron chi connectivity index (χ3n) is 2.79. The predicted octanol–water partition coefficient (Wildman–Crippen LogP) is 3.37. The average Bonchev–Trinajstić information content (AvgIpc) is 2.45. The Balaban J connectivity index is 2.41. The smallest absolute Gasteiger partial charge is 0.0316 e. The molecule has 64 valence electrons. The molecule has 0 heterocycles. The lowest BCUT2D eigenvalue weighted by Gasteiger charge is -2.14. The summed E-state index contributed by atoms with van der Waals surface area (Å²) in [5, 5.41) is 0. The molecule has 1 aromatic carbocycles. The Hall–Kier alpha value is -0.780. The standard InChI is InChI=1S/C12H16/c1-9(2)11-8-7-10-5-3-4-6-12(10)11/h3-6,9,11H,7-8H2,1-2H3/i7T. The van der Waals surface area contributed by atoms with E-state index in [-0.39, 0.29) is 6.40 Å². The van der Waals surface area contributed by atoms with Gasteiger partial charge in [0.15, 0.2) is 0 Å². The van der Waals surface area contributed by atoms with Gasteiger partial charge in [-0.25, -0.2) is 0 Å². The highest BCUT2D eigenvalue weighted by atomic mass is 14.3. The summed E-state index contributed by atoms with van der Waals surface area (Å²) in [5.41, 5.74) is 2.67. The predicted molar refractivity (Wildman–Crippen MR) is 52.3 cm³/mol. The second-order valence-electron chi connectivity index (χ2n) is 3.92. The summed E-state index contributed by atoms with van der Waals surface area (Å²) in [4.78, 5) is 0. The van der Waals surface area contributed by atoms with Crippen LogP contribution >= 0.6 is 0 Å². The molecule has 0 fully saturated rings. The summed E-state index contributed by atoms with van der Waals surface area (Å²) in [7, 11) is 0. The molecule has 0 spiro atoms. The quantitative estimate of drug-likeness (QED) is 0.594. The fraction of sp³-hybridized carbons (Fsp3) is 0.500. The molecule has 2 rings (SSSR count). The van der Waals surface area contributed by atoms with Gasteiger partial charge in [0, 0.05) is 1.37 Å². The van der Waals surface area contributed by atoms with E-state index in [1.807, 2.05) is 6.07 Å². The van der Waals surface area contributed by atoms with Gasteiger partial charge < -0.3 is 0 Å². The van der Waals surface area contributed by atoms with E-state index in [2.05, 4.69) is 32.0 Å². The largest absolute Gasteiger partial charge is 0.0622 e. The molecule has 0 aromatic heterocycles. The van der Waals surface area contributed by atoms with Crippen LogP contribution in [-0.4, -0.2) is 0 Å². The molecule has 1 aliphatic carbocycles. The maximum atomic E-state index is 7.94. The number of hydrogen-bond donors (Lipinski definition) is 0. The average molecular weight is 162 g/mol. The summed E-state index contributed by atoms with van der Waals surface area (Å²) >= 11 is 0. The minimum Gasteiger partial charge on any atom is -0.0622 e. The lowest BCUT2D eigenvalue weighted by Crippen LogP contribution is -2.01. The van der Waals surface area contributed by atoms with Gasteiger partial charge in [-0.15, -0.1) is 0 Å². The molecule has 0 bridgehead atoms. The van der Waals surface area contributed by atoms with E-state index >= 15 is 0 Å². The van der Waals surface area contributed by atoms with E-state index in [4.69, 9.17) is 1.37 Å². The van der Waals surface area contributed by atoms with Gasteiger partial charge in [-0.05, 0) is 35.8 Å². The van der Waals surface area contributed by atoms with Crippen LogP contribution < -0.4 is 0 Å². The van der Waals surface area contributed by atoms with Crippen molar-refractivity contribution in [2.75, 3.05) is 0 Å². The van der Waals surface area contributed by atoms with Crippen LogP contribution in [0.4, 0.5) is 0 Å². The Morgan fingerprint density at radius 2 is 2.17 bits per heavy atom. The van der Waals surface area contributed by atoms with E-state index < -0.39 is 0 Å². The van der Waals surface area contributed by atoms with Crippen molar-refractivity contribution in [2.45, 2.75) is 32.6 Å². The van der Waals surface area contributed by atoms with Gasteiger partial charge in [0.2, 0.25) is 0 Å². The van der Waals surface area contributed by atoms with Crippen molar-refractivity contribution in [2.24, 2.45) is 5.92 Å². The molecule has 0 nitrogen and oxygen atoms in total. The van der Waals surface area contributed by atoms with Crippen LogP contribution in [0.3, 0.4) is 0 Å². The number of rotatable bonds is 1. The van der Waals surface area contributed by atoms with Crippen LogP contribution in [-0.2, 0) is 6.40 Å². The number of hydrogen-bond acceptors (Lipinski definition) is 0. The Labute approximate surface area is 76.0 Å². The van der Waals surface area contributed by atoms with Crippen LogP contribution in [0.25, 0.3) is 0 Å². The summed E-state index contributed by atoms with van der Waals surface area (Å²) in [5.74, 6) is 1.27. The second kappa shape index (κ2) is 2.93. The Kier molecular flexibility index (Phi) is 1.64. The summed E-state index contributed by atoms with van der Waals surface area (Å²) < 4.78 is 7.94. The molecule has 1 aliphatic rings. The van der Waals surface area contributed by atoms with Crippen molar-refractivity contribution >= 4 is 0 Å². The van der Waals surface area contributed by atoms with Gasteiger partial charge in [-0.2, -0.15) is 0 Å². The highest BCUT2D eigenvalue weighted by Crippen LogP contribution is 2.37. The molecule has 0 amide bonds.